The van der Waals surface area contributed by atoms with Gasteiger partial charge >= 0.3 is 6.09 Å². The van der Waals surface area contributed by atoms with Gasteiger partial charge in [0, 0.05) is 11.4 Å². The number of carbonyl (C=O) groups is 1. The average Bonchev–Trinajstić information content (AvgIpc) is 2.65. The first kappa shape index (κ1) is 14.2. The molecule has 0 aromatic carbocycles. The Labute approximate surface area is 115 Å². The lowest BCUT2D eigenvalue weighted by atomic mass is 9.98. The monoisotopic (exact) mass is 263 g/mol. The molecule has 0 atom stereocenters. The summed E-state index contributed by atoms with van der Waals surface area (Å²) in [5, 5.41) is 0. The predicted molar refractivity (Wildman–Crippen MR) is 76.8 cm³/mol. The minimum Gasteiger partial charge on any atom is -0.443 e. The summed E-state index contributed by atoms with van der Waals surface area (Å²) in [4.78, 5) is 12.5. The van der Waals surface area contributed by atoms with Crippen molar-refractivity contribution in [1.82, 2.24) is 4.57 Å². The quantitative estimate of drug-likeness (QED) is 0.757. The summed E-state index contributed by atoms with van der Waals surface area (Å²) in [5.74, 6) is 0.332. The van der Waals surface area contributed by atoms with Crippen molar-refractivity contribution in [2.75, 3.05) is 0 Å². The van der Waals surface area contributed by atoms with Gasteiger partial charge in [-0.05, 0) is 64.0 Å². The van der Waals surface area contributed by atoms with Gasteiger partial charge in [-0.1, -0.05) is 13.8 Å². The number of hydrogen-bond donors (Lipinski definition) is 0. The Balaban J connectivity index is 2.42. The van der Waals surface area contributed by atoms with Crippen LogP contribution in [0.2, 0.25) is 0 Å². The Morgan fingerprint density at radius 1 is 1.26 bits per heavy atom. The molecule has 1 aromatic heterocycles. The van der Waals surface area contributed by atoms with E-state index in [0.29, 0.717) is 5.92 Å². The molecular weight excluding hydrogens is 238 g/mol. The van der Waals surface area contributed by atoms with Gasteiger partial charge in [0.2, 0.25) is 0 Å². The topological polar surface area (TPSA) is 31.2 Å². The van der Waals surface area contributed by atoms with Crippen LogP contribution in [-0.4, -0.2) is 16.3 Å². The zero-order valence-corrected chi connectivity index (χ0v) is 12.7. The zero-order valence-electron chi connectivity index (χ0n) is 12.7. The Morgan fingerprint density at radius 3 is 2.47 bits per heavy atom. The third-order valence-electron chi connectivity index (χ3n) is 3.50. The van der Waals surface area contributed by atoms with Crippen LogP contribution in [0, 0.1) is 0 Å². The van der Waals surface area contributed by atoms with Crippen molar-refractivity contribution in [3.05, 3.63) is 23.0 Å². The molecule has 106 valence electrons. The van der Waals surface area contributed by atoms with Crippen LogP contribution in [0.25, 0.3) is 0 Å². The molecule has 0 radical (unpaired) electrons. The molecule has 0 aliphatic heterocycles. The number of ether oxygens (including phenoxy) is 1. The summed E-state index contributed by atoms with van der Waals surface area (Å²) in [5.41, 5.74) is 3.14. The molecule has 0 saturated carbocycles. The van der Waals surface area contributed by atoms with Crippen molar-refractivity contribution in [1.29, 1.82) is 0 Å². The normalized spacial score (nSPS) is 15.5. The predicted octanol–water partition coefficient (Wildman–Crippen LogP) is 4.27. The van der Waals surface area contributed by atoms with Crippen LogP contribution < -0.4 is 0 Å². The number of aromatic nitrogens is 1. The smallest absolute Gasteiger partial charge is 0.418 e. The highest BCUT2D eigenvalue weighted by Crippen LogP contribution is 2.29. The second-order valence-corrected chi connectivity index (χ2v) is 6.72. The second-order valence-electron chi connectivity index (χ2n) is 6.72. The van der Waals surface area contributed by atoms with E-state index < -0.39 is 5.60 Å². The Hall–Kier alpha value is -1.25. The fourth-order valence-corrected chi connectivity index (χ4v) is 2.67. The zero-order chi connectivity index (χ0) is 14.2. The van der Waals surface area contributed by atoms with Crippen molar-refractivity contribution in [3.8, 4) is 0 Å². The Bertz CT molecular complexity index is 478. The highest BCUT2D eigenvalue weighted by molar-refractivity contribution is 5.74. The molecule has 0 bridgehead atoms. The molecule has 0 amide bonds. The van der Waals surface area contributed by atoms with Crippen molar-refractivity contribution >= 4 is 6.09 Å². The minimum absolute atomic E-state index is 0.223. The lowest BCUT2D eigenvalue weighted by Gasteiger charge is -2.23. The summed E-state index contributed by atoms with van der Waals surface area (Å²) in [7, 11) is 0. The van der Waals surface area contributed by atoms with E-state index in [1.807, 2.05) is 25.3 Å². The highest BCUT2D eigenvalue weighted by atomic mass is 16.6. The van der Waals surface area contributed by atoms with Crippen LogP contribution >= 0.6 is 0 Å². The van der Waals surface area contributed by atoms with Crippen LogP contribution in [0.1, 0.15) is 70.3 Å². The maximum atomic E-state index is 12.5. The first-order valence-electron chi connectivity index (χ1n) is 7.26. The number of nitrogens with zero attached hydrogens (tertiary/aromatic N) is 1. The fourth-order valence-electron chi connectivity index (χ4n) is 2.67. The molecule has 1 aliphatic rings. The number of hydrogen-bond acceptors (Lipinski definition) is 2. The first-order valence-corrected chi connectivity index (χ1v) is 7.26. The van der Waals surface area contributed by atoms with Crippen LogP contribution in [-0.2, 0) is 17.6 Å². The van der Waals surface area contributed by atoms with Crippen molar-refractivity contribution in [3.63, 3.8) is 0 Å². The fraction of sp³-hybridized carbons (Fsp3) is 0.688. The second kappa shape index (κ2) is 5.03. The van der Waals surface area contributed by atoms with Crippen molar-refractivity contribution in [2.24, 2.45) is 0 Å². The van der Waals surface area contributed by atoms with E-state index in [4.69, 9.17) is 4.74 Å². The van der Waals surface area contributed by atoms with Crippen molar-refractivity contribution < 1.29 is 9.53 Å². The van der Waals surface area contributed by atoms with Gasteiger partial charge in [-0.2, -0.15) is 0 Å². The van der Waals surface area contributed by atoms with Crippen LogP contribution in [0.5, 0.6) is 0 Å². The minimum atomic E-state index is -0.447. The largest absolute Gasteiger partial charge is 0.443 e. The van der Waals surface area contributed by atoms with E-state index >= 15 is 0 Å². The molecule has 1 aliphatic carbocycles. The SMILES string of the molecule is CC(C)c1cc2c(n1C(=O)OC(C)(C)C)CCCC2. The average molecular weight is 263 g/mol. The molecule has 3 heteroatoms. The van der Waals surface area contributed by atoms with E-state index in [9.17, 15) is 4.79 Å². The van der Waals surface area contributed by atoms with Crippen LogP contribution in [0.3, 0.4) is 0 Å². The molecule has 2 rings (SSSR count). The third-order valence-corrected chi connectivity index (χ3v) is 3.50. The van der Waals surface area contributed by atoms with E-state index in [0.717, 1.165) is 25.0 Å². The maximum absolute atomic E-state index is 12.5. The summed E-state index contributed by atoms with van der Waals surface area (Å²) < 4.78 is 7.39. The van der Waals surface area contributed by atoms with E-state index in [1.165, 1.54) is 17.7 Å². The van der Waals surface area contributed by atoms with Crippen LogP contribution in [0.15, 0.2) is 6.07 Å². The van der Waals surface area contributed by atoms with Gasteiger partial charge in [-0.3, -0.25) is 4.57 Å². The standard InChI is InChI=1S/C16H25NO2/c1-11(2)14-10-12-8-6-7-9-13(12)17(14)15(18)19-16(3,4)5/h10-11H,6-9H2,1-5H3. The maximum Gasteiger partial charge on any atom is 0.418 e. The highest BCUT2D eigenvalue weighted by Gasteiger charge is 2.26. The lowest BCUT2D eigenvalue weighted by molar-refractivity contribution is 0.0526. The van der Waals surface area contributed by atoms with E-state index in [2.05, 4.69) is 19.9 Å². The van der Waals surface area contributed by atoms with Gasteiger partial charge in [-0.15, -0.1) is 0 Å². The van der Waals surface area contributed by atoms with Gasteiger partial charge in [0.25, 0.3) is 0 Å². The molecule has 0 saturated heterocycles. The van der Waals surface area contributed by atoms with Crippen LogP contribution in [0.4, 0.5) is 4.79 Å². The molecular formula is C16H25NO2. The molecule has 1 heterocycles. The molecule has 0 fully saturated rings. The molecule has 0 spiro atoms. The summed E-state index contributed by atoms with van der Waals surface area (Å²) in [6, 6.07) is 2.20. The third kappa shape index (κ3) is 3.02. The number of carbonyl (C=O) groups excluding carboxylic acids is 1. The van der Waals surface area contributed by atoms with E-state index in [-0.39, 0.29) is 6.09 Å². The summed E-state index contributed by atoms with van der Waals surface area (Å²) in [6.45, 7) is 9.99. The van der Waals surface area contributed by atoms with Gasteiger partial charge in [0.15, 0.2) is 0 Å². The summed E-state index contributed by atoms with van der Waals surface area (Å²) >= 11 is 0. The molecule has 1 aromatic rings. The molecule has 19 heavy (non-hydrogen) atoms. The Morgan fingerprint density at radius 2 is 1.89 bits per heavy atom. The first-order chi connectivity index (χ1) is 8.79. The van der Waals surface area contributed by atoms with Gasteiger partial charge in [-0.25, -0.2) is 4.79 Å². The molecule has 0 unspecified atom stereocenters. The van der Waals surface area contributed by atoms with Gasteiger partial charge < -0.3 is 4.74 Å². The number of aryl methyl sites for hydroxylation is 1. The summed E-state index contributed by atoms with van der Waals surface area (Å²) in [6.07, 6.45) is 4.24. The lowest BCUT2D eigenvalue weighted by Crippen LogP contribution is -2.29. The molecule has 0 N–H and O–H groups in total. The Kier molecular flexibility index (Phi) is 3.75. The number of rotatable bonds is 1. The van der Waals surface area contributed by atoms with Gasteiger partial charge in [0.1, 0.15) is 5.60 Å². The van der Waals surface area contributed by atoms with Gasteiger partial charge in [0.05, 0.1) is 0 Å². The van der Waals surface area contributed by atoms with Crippen molar-refractivity contribution in [2.45, 2.75) is 71.8 Å². The molecule has 3 nitrogen and oxygen atoms in total. The number of fused-ring (bicyclic) bond motifs is 1. The van der Waals surface area contributed by atoms with E-state index in [1.54, 1.807) is 0 Å².